The van der Waals surface area contributed by atoms with Crippen LogP contribution in [0.25, 0.3) is 0 Å². The third-order valence-electron chi connectivity index (χ3n) is 4.01. The standard InChI is InChI=1S/C20H28O6/c1-14(10-20(22)25-5)6-7-17(26-13-23-3)11-16-8-15(2)9-19(24-4)18(16)12-21/h8-10,12,17H,6-7,11,13H2,1-5H3/b14-10+/t17-/m0/s1. The van der Waals surface area contributed by atoms with E-state index in [1.54, 1.807) is 14.2 Å². The summed E-state index contributed by atoms with van der Waals surface area (Å²) in [5, 5.41) is 0. The highest BCUT2D eigenvalue weighted by Gasteiger charge is 2.16. The molecule has 0 spiro atoms. The maximum Gasteiger partial charge on any atom is 0.330 e. The molecule has 0 aliphatic heterocycles. The minimum Gasteiger partial charge on any atom is -0.496 e. The second kappa shape index (κ2) is 11.4. The van der Waals surface area contributed by atoms with Gasteiger partial charge in [0, 0.05) is 13.2 Å². The Labute approximate surface area is 155 Å². The smallest absolute Gasteiger partial charge is 0.330 e. The summed E-state index contributed by atoms with van der Waals surface area (Å²) >= 11 is 0. The van der Waals surface area contributed by atoms with E-state index in [9.17, 15) is 9.59 Å². The molecule has 0 radical (unpaired) electrons. The van der Waals surface area contributed by atoms with Crippen LogP contribution in [-0.2, 0) is 25.4 Å². The second-order valence-electron chi connectivity index (χ2n) is 6.11. The fraction of sp³-hybridized carbons (Fsp3) is 0.500. The van der Waals surface area contributed by atoms with Crippen LogP contribution in [0.2, 0.25) is 0 Å². The first-order valence-electron chi connectivity index (χ1n) is 8.43. The highest BCUT2D eigenvalue weighted by molar-refractivity contribution is 5.82. The fourth-order valence-corrected chi connectivity index (χ4v) is 2.68. The number of hydrogen-bond donors (Lipinski definition) is 0. The molecule has 0 saturated heterocycles. The molecule has 1 aromatic rings. The van der Waals surface area contributed by atoms with Gasteiger partial charge in [0.05, 0.1) is 25.9 Å². The third-order valence-corrected chi connectivity index (χ3v) is 4.01. The summed E-state index contributed by atoms with van der Waals surface area (Å²) in [5.41, 5.74) is 3.31. The molecule has 26 heavy (non-hydrogen) atoms. The van der Waals surface area contributed by atoms with Crippen molar-refractivity contribution in [3.8, 4) is 5.75 Å². The topological polar surface area (TPSA) is 71.1 Å². The van der Waals surface area contributed by atoms with Gasteiger partial charge in [0.1, 0.15) is 12.5 Å². The molecular formula is C20H28O6. The van der Waals surface area contributed by atoms with Gasteiger partial charge in [-0.2, -0.15) is 0 Å². The molecular weight excluding hydrogens is 336 g/mol. The maximum absolute atomic E-state index is 11.5. The van der Waals surface area contributed by atoms with E-state index >= 15 is 0 Å². The van der Waals surface area contributed by atoms with Crippen molar-refractivity contribution < 1.29 is 28.5 Å². The highest BCUT2D eigenvalue weighted by Crippen LogP contribution is 2.25. The quantitative estimate of drug-likeness (QED) is 0.260. The Balaban J connectivity index is 2.94. The molecule has 144 valence electrons. The summed E-state index contributed by atoms with van der Waals surface area (Å²) in [7, 11) is 4.46. The molecule has 0 bridgehead atoms. The van der Waals surface area contributed by atoms with Gasteiger partial charge in [-0.3, -0.25) is 4.79 Å². The van der Waals surface area contributed by atoms with Gasteiger partial charge in [-0.05, 0) is 50.3 Å². The maximum atomic E-state index is 11.5. The Morgan fingerprint density at radius 1 is 1.23 bits per heavy atom. The molecule has 0 aliphatic carbocycles. The lowest BCUT2D eigenvalue weighted by atomic mass is 9.96. The van der Waals surface area contributed by atoms with Crippen LogP contribution in [0.4, 0.5) is 0 Å². The Morgan fingerprint density at radius 3 is 2.54 bits per heavy atom. The van der Waals surface area contributed by atoms with Gasteiger partial charge in [0.15, 0.2) is 6.29 Å². The molecule has 0 amide bonds. The Hall–Kier alpha value is -2.18. The normalized spacial score (nSPS) is 12.6. The Kier molecular flexibility index (Phi) is 9.62. The zero-order chi connectivity index (χ0) is 19.5. The van der Waals surface area contributed by atoms with E-state index in [-0.39, 0.29) is 18.9 Å². The van der Waals surface area contributed by atoms with Crippen LogP contribution in [0.1, 0.15) is 41.3 Å². The molecule has 1 atom stereocenters. The molecule has 1 aromatic carbocycles. The summed E-state index contributed by atoms with van der Waals surface area (Å²) in [6.07, 6.45) is 4.01. The van der Waals surface area contributed by atoms with E-state index in [0.717, 1.165) is 23.0 Å². The van der Waals surface area contributed by atoms with Crippen LogP contribution in [0.15, 0.2) is 23.8 Å². The molecule has 6 heteroatoms. The minimum absolute atomic E-state index is 0.157. The van der Waals surface area contributed by atoms with Gasteiger partial charge in [-0.15, -0.1) is 0 Å². The van der Waals surface area contributed by atoms with Crippen molar-refractivity contribution >= 4 is 12.3 Å². The lowest BCUT2D eigenvalue weighted by molar-refractivity contribution is -0.134. The first kappa shape index (κ1) is 21.9. The fourth-order valence-electron chi connectivity index (χ4n) is 2.68. The van der Waals surface area contributed by atoms with Crippen molar-refractivity contribution in [2.45, 2.75) is 39.2 Å². The number of ether oxygens (including phenoxy) is 4. The molecule has 6 nitrogen and oxygen atoms in total. The molecule has 0 heterocycles. The summed E-state index contributed by atoms with van der Waals surface area (Å²) in [6, 6.07) is 3.80. The van der Waals surface area contributed by atoms with Crippen molar-refractivity contribution in [2.75, 3.05) is 28.1 Å². The average molecular weight is 364 g/mol. The zero-order valence-electron chi connectivity index (χ0n) is 16.2. The largest absolute Gasteiger partial charge is 0.496 e. The van der Waals surface area contributed by atoms with Crippen molar-refractivity contribution in [1.82, 2.24) is 0 Å². The molecule has 0 saturated carbocycles. The number of hydrogen-bond acceptors (Lipinski definition) is 6. The number of carbonyl (C=O) groups excluding carboxylic acids is 2. The number of aldehydes is 1. The van der Waals surface area contributed by atoms with Crippen molar-refractivity contribution in [1.29, 1.82) is 0 Å². The van der Waals surface area contributed by atoms with Gasteiger partial charge >= 0.3 is 5.97 Å². The first-order chi connectivity index (χ1) is 12.4. The van der Waals surface area contributed by atoms with Gasteiger partial charge < -0.3 is 18.9 Å². The van der Waals surface area contributed by atoms with E-state index in [1.807, 2.05) is 26.0 Å². The number of rotatable bonds is 11. The van der Waals surface area contributed by atoms with E-state index in [4.69, 9.17) is 14.2 Å². The van der Waals surface area contributed by atoms with E-state index < -0.39 is 0 Å². The number of carbonyl (C=O) groups is 2. The third kappa shape index (κ3) is 6.98. The Bertz CT molecular complexity index is 635. The summed E-state index contributed by atoms with van der Waals surface area (Å²) in [4.78, 5) is 22.8. The summed E-state index contributed by atoms with van der Waals surface area (Å²) in [6.45, 7) is 3.98. The molecule has 1 rings (SSSR count). The van der Waals surface area contributed by atoms with E-state index in [1.165, 1.54) is 13.2 Å². The van der Waals surface area contributed by atoms with Gasteiger partial charge in [-0.1, -0.05) is 11.6 Å². The predicted octanol–water partition coefficient (Wildman–Crippen LogP) is 3.25. The summed E-state index contributed by atoms with van der Waals surface area (Å²) in [5.74, 6) is 0.186. The minimum atomic E-state index is -0.372. The predicted molar refractivity (Wildman–Crippen MR) is 98.6 cm³/mol. The Morgan fingerprint density at radius 2 is 1.96 bits per heavy atom. The molecule has 0 fully saturated rings. The first-order valence-corrected chi connectivity index (χ1v) is 8.43. The van der Waals surface area contributed by atoms with Crippen molar-refractivity contribution in [3.05, 3.63) is 40.5 Å². The average Bonchev–Trinajstić information content (AvgIpc) is 2.63. The molecule has 0 aliphatic rings. The van der Waals surface area contributed by atoms with Crippen molar-refractivity contribution in [2.24, 2.45) is 0 Å². The van der Waals surface area contributed by atoms with Crippen LogP contribution in [0.3, 0.4) is 0 Å². The number of methoxy groups -OCH3 is 3. The second-order valence-corrected chi connectivity index (χ2v) is 6.11. The SMILES string of the molecule is COCO[C@@H](CC/C(C)=C/C(=O)OC)Cc1cc(C)cc(OC)c1C=O. The van der Waals surface area contributed by atoms with E-state index in [2.05, 4.69) is 4.74 Å². The number of aryl methyl sites for hydroxylation is 1. The lowest BCUT2D eigenvalue weighted by Gasteiger charge is -2.20. The van der Waals surface area contributed by atoms with E-state index in [0.29, 0.717) is 30.6 Å². The molecule has 0 aromatic heterocycles. The number of allylic oxidation sites excluding steroid dienone is 1. The zero-order valence-corrected chi connectivity index (χ0v) is 16.2. The number of benzene rings is 1. The molecule has 0 unspecified atom stereocenters. The molecule has 0 N–H and O–H groups in total. The monoisotopic (exact) mass is 364 g/mol. The van der Waals surface area contributed by atoms with Gasteiger partial charge in [0.25, 0.3) is 0 Å². The van der Waals surface area contributed by atoms with Crippen LogP contribution in [0, 0.1) is 6.92 Å². The number of esters is 1. The summed E-state index contributed by atoms with van der Waals surface area (Å²) < 4.78 is 20.7. The van der Waals surface area contributed by atoms with Crippen molar-refractivity contribution in [3.63, 3.8) is 0 Å². The lowest BCUT2D eigenvalue weighted by Crippen LogP contribution is -2.19. The highest BCUT2D eigenvalue weighted by atomic mass is 16.7. The van der Waals surface area contributed by atoms with Crippen LogP contribution >= 0.6 is 0 Å². The van der Waals surface area contributed by atoms with Crippen LogP contribution < -0.4 is 4.74 Å². The van der Waals surface area contributed by atoms with Gasteiger partial charge in [0.2, 0.25) is 0 Å². The van der Waals surface area contributed by atoms with Crippen LogP contribution in [0.5, 0.6) is 5.75 Å². The van der Waals surface area contributed by atoms with Crippen LogP contribution in [-0.4, -0.2) is 46.5 Å². The van der Waals surface area contributed by atoms with Gasteiger partial charge in [-0.25, -0.2) is 4.79 Å².